The molecule has 4 aromatic rings. The number of ketones is 2. The summed E-state index contributed by atoms with van der Waals surface area (Å²) in [4.78, 5) is 36.5. The second-order valence-corrected chi connectivity index (χ2v) is 8.59. The SMILES string of the molecule is CC1=c2c(nc(C)c3c4c(nc(C)c23)-c2ccccc2C(=O)C=4C)-c2ccccc2C1=O. The van der Waals surface area contributed by atoms with Gasteiger partial charge in [-0.2, -0.15) is 0 Å². The van der Waals surface area contributed by atoms with E-state index in [2.05, 4.69) is 0 Å². The third-order valence-electron chi connectivity index (χ3n) is 6.79. The van der Waals surface area contributed by atoms with E-state index in [-0.39, 0.29) is 11.6 Å². The minimum Gasteiger partial charge on any atom is -0.289 e. The van der Waals surface area contributed by atoms with Crippen LogP contribution in [-0.4, -0.2) is 21.5 Å². The smallest absolute Gasteiger partial charge is 0.190 e. The van der Waals surface area contributed by atoms with Gasteiger partial charge in [-0.15, -0.1) is 0 Å². The van der Waals surface area contributed by atoms with Crippen LogP contribution >= 0.6 is 0 Å². The van der Waals surface area contributed by atoms with Gasteiger partial charge >= 0.3 is 0 Å². The Balaban J connectivity index is 1.90. The van der Waals surface area contributed by atoms with Crippen molar-refractivity contribution in [3.8, 4) is 22.5 Å². The summed E-state index contributed by atoms with van der Waals surface area (Å²) in [6.07, 6.45) is 0. The normalized spacial score (nSPS) is 14.2. The van der Waals surface area contributed by atoms with Gasteiger partial charge in [-0.1, -0.05) is 48.5 Å². The van der Waals surface area contributed by atoms with E-state index in [1.54, 1.807) is 0 Å². The first-order valence-electron chi connectivity index (χ1n) is 10.7. The number of pyridine rings is 2. The lowest BCUT2D eigenvalue weighted by molar-refractivity contribution is 0.104. The van der Waals surface area contributed by atoms with Crippen molar-refractivity contribution >= 4 is 33.5 Å². The van der Waals surface area contributed by atoms with Gasteiger partial charge in [0.15, 0.2) is 11.6 Å². The highest BCUT2D eigenvalue weighted by Gasteiger charge is 2.29. The molecule has 0 unspecified atom stereocenters. The number of nitrogens with zero attached hydrogens (tertiary/aromatic N) is 2. The third-order valence-corrected chi connectivity index (χ3v) is 6.79. The van der Waals surface area contributed by atoms with Gasteiger partial charge in [0.2, 0.25) is 0 Å². The average molecular weight is 416 g/mol. The Labute approximate surface area is 185 Å². The Kier molecular flexibility index (Phi) is 3.70. The lowest BCUT2D eigenvalue weighted by Crippen LogP contribution is -2.30. The number of aryl methyl sites for hydroxylation is 2. The van der Waals surface area contributed by atoms with Gasteiger partial charge in [-0.25, -0.2) is 0 Å². The number of carbonyl (C=O) groups excluding carboxylic acids is 2. The first-order chi connectivity index (χ1) is 15.4. The maximum atomic E-state index is 13.2. The fourth-order valence-electron chi connectivity index (χ4n) is 5.30. The zero-order chi connectivity index (χ0) is 22.3. The third kappa shape index (κ3) is 2.21. The number of Topliss-reactive ketones (excluding diaryl/α,β-unsaturated/α-hetero) is 2. The molecule has 0 atom stereocenters. The van der Waals surface area contributed by atoms with Crippen molar-refractivity contribution in [2.24, 2.45) is 0 Å². The van der Waals surface area contributed by atoms with Crippen LogP contribution in [0.15, 0.2) is 48.5 Å². The number of rotatable bonds is 0. The molecular formula is C28H20N2O2. The summed E-state index contributed by atoms with van der Waals surface area (Å²) < 4.78 is 0. The van der Waals surface area contributed by atoms with E-state index >= 15 is 0 Å². The number of aromatic nitrogens is 2. The van der Waals surface area contributed by atoms with Gasteiger partial charge in [0.1, 0.15) is 0 Å². The average Bonchev–Trinajstić information content (AvgIpc) is 2.81. The summed E-state index contributed by atoms with van der Waals surface area (Å²) in [5.41, 5.74) is 7.69. The molecule has 0 N–H and O–H groups in total. The van der Waals surface area contributed by atoms with Crippen LogP contribution in [-0.2, 0) is 0 Å². The zero-order valence-electron chi connectivity index (χ0n) is 18.3. The maximum Gasteiger partial charge on any atom is 0.190 e. The van der Waals surface area contributed by atoms with E-state index in [0.29, 0.717) is 22.3 Å². The summed E-state index contributed by atoms with van der Waals surface area (Å²) >= 11 is 0. The molecule has 0 amide bonds. The van der Waals surface area contributed by atoms with Crippen LogP contribution in [0.5, 0.6) is 0 Å². The van der Waals surface area contributed by atoms with Crippen LogP contribution in [0, 0.1) is 13.8 Å². The Morgan fingerprint density at radius 2 is 0.875 bits per heavy atom. The molecule has 2 aromatic carbocycles. The molecule has 0 bridgehead atoms. The lowest BCUT2D eigenvalue weighted by Gasteiger charge is -2.23. The van der Waals surface area contributed by atoms with E-state index in [1.807, 2.05) is 76.2 Å². The second-order valence-electron chi connectivity index (χ2n) is 8.59. The molecule has 0 fully saturated rings. The Morgan fingerprint density at radius 1 is 0.531 bits per heavy atom. The molecule has 0 radical (unpaired) electrons. The molecular weight excluding hydrogens is 396 g/mol. The van der Waals surface area contributed by atoms with Crippen LogP contribution < -0.4 is 10.4 Å². The Morgan fingerprint density at radius 3 is 1.25 bits per heavy atom. The Hall–Kier alpha value is -3.92. The van der Waals surface area contributed by atoms with Crippen LogP contribution in [0.2, 0.25) is 0 Å². The van der Waals surface area contributed by atoms with E-state index in [9.17, 15) is 9.59 Å². The van der Waals surface area contributed by atoms with Crippen molar-refractivity contribution in [2.45, 2.75) is 27.7 Å². The molecule has 2 aliphatic carbocycles. The molecule has 4 heteroatoms. The van der Waals surface area contributed by atoms with Gasteiger partial charge in [0.25, 0.3) is 0 Å². The molecule has 0 saturated carbocycles. The van der Waals surface area contributed by atoms with E-state index in [1.165, 1.54) is 0 Å². The quantitative estimate of drug-likeness (QED) is 0.429. The molecule has 0 spiro atoms. The highest BCUT2D eigenvalue weighted by atomic mass is 16.1. The first kappa shape index (κ1) is 18.8. The number of carbonyl (C=O) groups is 2. The van der Waals surface area contributed by atoms with Crippen molar-refractivity contribution < 1.29 is 9.59 Å². The van der Waals surface area contributed by atoms with Crippen LogP contribution in [0.1, 0.15) is 46.0 Å². The van der Waals surface area contributed by atoms with E-state index < -0.39 is 0 Å². The van der Waals surface area contributed by atoms with Gasteiger partial charge < -0.3 is 0 Å². The molecule has 32 heavy (non-hydrogen) atoms. The van der Waals surface area contributed by atoms with Gasteiger partial charge in [-0.05, 0) is 27.7 Å². The summed E-state index contributed by atoms with van der Waals surface area (Å²) in [5, 5.41) is 3.50. The molecule has 6 rings (SSSR count). The van der Waals surface area contributed by atoms with E-state index in [4.69, 9.17) is 9.97 Å². The van der Waals surface area contributed by atoms with Gasteiger partial charge in [0.05, 0.1) is 11.4 Å². The first-order valence-corrected chi connectivity index (χ1v) is 10.7. The lowest BCUT2D eigenvalue weighted by atomic mass is 9.83. The van der Waals surface area contributed by atoms with Crippen LogP contribution in [0.3, 0.4) is 0 Å². The van der Waals surface area contributed by atoms with Crippen molar-refractivity contribution in [2.75, 3.05) is 0 Å². The zero-order valence-corrected chi connectivity index (χ0v) is 18.3. The largest absolute Gasteiger partial charge is 0.289 e. The summed E-state index contributed by atoms with van der Waals surface area (Å²) in [7, 11) is 0. The highest BCUT2D eigenvalue weighted by molar-refractivity contribution is 6.31. The molecule has 2 heterocycles. The predicted octanol–water partition coefficient (Wildman–Crippen LogP) is 4.31. The highest BCUT2D eigenvalue weighted by Crippen LogP contribution is 2.33. The molecule has 0 saturated heterocycles. The fraction of sp³-hybridized carbons (Fsp3) is 0.143. The van der Waals surface area contributed by atoms with E-state index in [0.717, 1.165) is 55.1 Å². The molecule has 0 aliphatic heterocycles. The topological polar surface area (TPSA) is 59.9 Å². The number of hydrogen-bond acceptors (Lipinski definition) is 4. The molecule has 2 aromatic heterocycles. The molecule has 2 aliphatic rings. The minimum atomic E-state index is 0.0132. The fourth-order valence-corrected chi connectivity index (χ4v) is 5.30. The van der Waals surface area contributed by atoms with Crippen LogP contribution in [0.25, 0.3) is 44.4 Å². The summed E-state index contributed by atoms with van der Waals surface area (Å²) in [6, 6.07) is 15.3. The predicted molar refractivity (Wildman–Crippen MR) is 126 cm³/mol. The molecule has 154 valence electrons. The van der Waals surface area contributed by atoms with Crippen molar-refractivity contribution in [3.63, 3.8) is 0 Å². The monoisotopic (exact) mass is 416 g/mol. The van der Waals surface area contributed by atoms with Gasteiger partial charge in [-0.3, -0.25) is 19.6 Å². The number of fused-ring (bicyclic) bond motifs is 9. The van der Waals surface area contributed by atoms with Gasteiger partial charge in [0, 0.05) is 66.0 Å². The summed E-state index contributed by atoms with van der Waals surface area (Å²) in [6.45, 7) is 7.69. The maximum absolute atomic E-state index is 13.2. The molecule has 4 nitrogen and oxygen atoms in total. The second kappa shape index (κ2) is 6.30. The van der Waals surface area contributed by atoms with Crippen molar-refractivity contribution in [3.05, 3.63) is 81.5 Å². The van der Waals surface area contributed by atoms with Crippen molar-refractivity contribution in [1.29, 1.82) is 0 Å². The standard InChI is InChI=1S/C28H20N2O2/c1-13-21-23-15(3)30-26-18-10-6-8-12-20(18)28(32)14(2)22(26)24(23)16(4)29-25(21)17-9-5-7-11-19(17)27(13)31/h5-12H,1-4H3. The number of hydrogen-bond donors (Lipinski definition) is 0. The summed E-state index contributed by atoms with van der Waals surface area (Å²) in [5.74, 6) is 0.0265. The number of benzene rings is 2. The van der Waals surface area contributed by atoms with Crippen molar-refractivity contribution in [1.82, 2.24) is 9.97 Å². The van der Waals surface area contributed by atoms with Crippen LogP contribution in [0.4, 0.5) is 0 Å². The Bertz CT molecular complexity index is 1570. The minimum absolute atomic E-state index is 0.0132.